The SMILES string of the molecule is CCc1nc(N(C)C(C)c2ccc(Cl)cc2)sc1C(=O)O. The summed E-state index contributed by atoms with van der Waals surface area (Å²) in [5.74, 6) is -0.914. The van der Waals surface area contributed by atoms with Gasteiger partial charge in [0.25, 0.3) is 0 Å². The van der Waals surface area contributed by atoms with Crippen LogP contribution in [0.3, 0.4) is 0 Å². The second-order valence-electron chi connectivity index (χ2n) is 4.77. The summed E-state index contributed by atoms with van der Waals surface area (Å²) < 4.78 is 0. The van der Waals surface area contributed by atoms with Crippen molar-refractivity contribution in [2.45, 2.75) is 26.3 Å². The summed E-state index contributed by atoms with van der Waals surface area (Å²) in [5, 5.41) is 10.6. The lowest BCUT2D eigenvalue weighted by Crippen LogP contribution is -2.21. The number of benzene rings is 1. The number of rotatable bonds is 5. The van der Waals surface area contributed by atoms with E-state index in [1.807, 2.05) is 43.1 Å². The molecule has 1 heterocycles. The Kier molecular flexibility index (Phi) is 4.85. The molecule has 0 amide bonds. The zero-order valence-electron chi connectivity index (χ0n) is 12.1. The van der Waals surface area contributed by atoms with Gasteiger partial charge >= 0.3 is 5.97 Å². The fraction of sp³-hybridized carbons (Fsp3) is 0.333. The maximum atomic E-state index is 11.2. The molecule has 2 rings (SSSR count). The van der Waals surface area contributed by atoms with Gasteiger partial charge in [0.15, 0.2) is 5.13 Å². The molecule has 1 unspecified atom stereocenters. The molecule has 0 saturated carbocycles. The van der Waals surface area contributed by atoms with E-state index >= 15 is 0 Å². The monoisotopic (exact) mass is 324 g/mol. The van der Waals surface area contributed by atoms with Gasteiger partial charge in [-0.1, -0.05) is 42.0 Å². The third-order valence-electron chi connectivity index (χ3n) is 3.45. The topological polar surface area (TPSA) is 53.4 Å². The Hall–Kier alpha value is -1.59. The number of carbonyl (C=O) groups is 1. The van der Waals surface area contributed by atoms with E-state index in [9.17, 15) is 9.90 Å². The van der Waals surface area contributed by atoms with Crippen LogP contribution in [0.5, 0.6) is 0 Å². The van der Waals surface area contributed by atoms with Crippen molar-refractivity contribution in [3.8, 4) is 0 Å². The van der Waals surface area contributed by atoms with Crippen LogP contribution in [0.25, 0.3) is 0 Å². The van der Waals surface area contributed by atoms with E-state index < -0.39 is 5.97 Å². The average Bonchev–Trinajstić information content (AvgIpc) is 2.91. The molecule has 0 bridgehead atoms. The summed E-state index contributed by atoms with van der Waals surface area (Å²) >= 11 is 7.12. The highest BCUT2D eigenvalue weighted by Gasteiger charge is 2.21. The van der Waals surface area contributed by atoms with Crippen molar-refractivity contribution in [3.63, 3.8) is 0 Å². The zero-order chi connectivity index (χ0) is 15.6. The van der Waals surface area contributed by atoms with Gasteiger partial charge in [0.05, 0.1) is 11.7 Å². The van der Waals surface area contributed by atoms with Crippen LogP contribution < -0.4 is 4.90 Å². The number of hydrogen-bond donors (Lipinski definition) is 1. The molecule has 112 valence electrons. The van der Waals surface area contributed by atoms with Crippen LogP contribution in [-0.4, -0.2) is 23.1 Å². The number of aromatic carboxylic acids is 1. The van der Waals surface area contributed by atoms with E-state index in [4.69, 9.17) is 11.6 Å². The third-order valence-corrected chi connectivity index (χ3v) is 4.88. The lowest BCUT2D eigenvalue weighted by Gasteiger charge is -2.24. The molecule has 0 spiro atoms. The first kappa shape index (κ1) is 15.8. The molecule has 0 radical (unpaired) electrons. The number of anilines is 1. The van der Waals surface area contributed by atoms with E-state index in [1.165, 1.54) is 11.3 Å². The summed E-state index contributed by atoms with van der Waals surface area (Å²) in [7, 11) is 1.92. The first-order valence-corrected chi connectivity index (χ1v) is 7.84. The van der Waals surface area contributed by atoms with Crippen molar-refractivity contribution in [1.29, 1.82) is 0 Å². The van der Waals surface area contributed by atoms with Gasteiger partial charge in [0.2, 0.25) is 0 Å². The summed E-state index contributed by atoms with van der Waals surface area (Å²) in [4.78, 5) is 18.0. The molecule has 1 aromatic heterocycles. The molecule has 0 saturated heterocycles. The smallest absolute Gasteiger partial charge is 0.347 e. The lowest BCUT2D eigenvalue weighted by molar-refractivity contribution is 0.0701. The van der Waals surface area contributed by atoms with E-state index in [1.54, 1.807) is 0 Å². The van der Waals surface area contributed by atoms with Crippen molar-refractivity contribution < 1.29 is 9.90 Å². The number of carboxylic acid groups (broad SMARTS) is 1. The van der Waals surface area contributed by atoms with Gasteiger partial charge in [-0.15, -0.1) is 0 Å². The summed E-state index contributed by atoms with van der Waals surface area (Å²) in [5.41, 5.74) is 1.74. The Morgan fingerprint density at radius 2 is 2.05 bits per heavy atom. The second kappa shape index (κ2) is 6.45. The van der Waals surface area contributed by atoms with Crippen molar-refractivity contribution in [3.05, 3.63) is 45.4 Å². The van der Waals surface area contributed by atoms with Crippen LogP contribution in [0.2, 0.25) is 5.02 Å². The first-order chi connectivity index (χ1) is 9.93. The van der Waals surface area contributed by atoms with Gasteiger partial charge in [-0.3, -0.25) is 0 Å². The van der Waals surface area contributed by atoms with Gasteiger partial charge < -0.3 is 10.0 Å². The Labute approximate surface area is 133 Å². The Balaban J connectivity index is 2.28. The molecule has 1 aromatic carbocycles. The van der Waals surface area contributed by atoms with Crippen molar-refractivity contribution in [2.24, 2.45) is 0 Å². The Morgan fingerprint density at radius 3 is 2.52 bits per heavy atom. The molecule has 6 heteroatoms. The maximum absolute atomic E-state index is 11.2. The predicted octanol–water partition coefficient (Wildman–Crippen LogP) is 4.25. The molecule has 2 aromatic rings. The molecular formula is C15H17ClN2O2S. The van der Waals surface area contributed by atoms with E-state index in [2.05, 4.69) is 11.9 Å². The van der Waals surface area contributed by atoms with Crippen LogP contribution in [0.15, 0.2) is 24.3 Å². The fourth-order valence-electron chi connectivity index (χ4n) is 2.03. The largest absolute Gasteiger partial charge is 0.477 e. The molecule has 21 heavy (non-hydrogen) atoms. The molecule has 1 N–H and O–H groups in total. The number of thiazole rings is 1. The maximum Gasteiger partial charge on any atom is 0.347 e. The van der Waals surface area contributed by atoms with Crippen LogP contribution in [-0.2, 0) is 6.42 Å². The molecule has 0 aliphatic heterocycles. The number of nitrogens with zero attached hydrogens (tertiary/aromatic N) is 2. The van der Waals surface area contributed by atoms with Crippen molar-refractivity contribution in [1.82, 2.24) is 4.98 Å². The Morgan fingerprint density at radius 1 is 1.43 bits per heavy atom. The number of halogens is 1. The van der Waals surface area contributed by atoms with E-state index in [0.717, 1.165) is 5.56 Å². The van der Waals surface area contributed by atoms with E-state index in [0.29, 0.717) is 27.1 Å². The van der Waals surface area contributed by atoms with Crippen LogP contribution in [0, 0.1) is 0 Å². The van der Waals surface area contributed by atoms with Gasteiger partial charge in [-0.2, -0.15) is 0 Å². The number of aromatic nitrogens is 1. The van der Waals surface area contributed by atoms with Crippen molar-refractivity contribution >= 4 is 34.0 Å². The zero-order valence-corrected chi connectivity index (χ0v) is 13.7. The summed E-state index contributed by atoms with van der Waals surface area (Å²) in [6, 6.07) is 7.72. The average molecular weight is 325 g/mol. The first-order valence-electron chi connectivity index (χ1n) is 6.65. The quantitative estimate of drug-likeness (QED) is 0.893. The molecular weight excluding hydrogens is 308 g/mol. The number of hydrogen-bond acceptors (Lipinski definition) is 4. The highest BCUT2D eigenvalue weighted by atomic mass is 35.5. The fourth-order valence-corrected chi connectivity index (χ4v) is 3.19. The van der Waals surface area contributed by atoms with Gasteiger partial charge in [0.1, 0.15) is 4.88 Å². The number of carboxylic acids is 1. The van der Waals surface area contributed by atoms with Crippen LogP contribution in [0.1, 0.15) is 40.8 Å². The van der Waals surface area contributed by atoms with E-state index in [-0.39, 0.29) is 6.04 Å². The van der Waals surface area contributed by atoms with Crippen LogP contribution >= 0.6 is 22.9 Å². The molecule has 1 atom stereocenters. The molecule has 0 aliphatic rings. The molecule has 4 nitrogen and oxygen atoms in total. The molecule has 0 aliphatic carbocycles. The third kappa shape index (κ3) is 3.36. The minimum Gasteiger partial charge on any atom is -0.477 e. The minimum absolute atomic E-state index is 0.0831. The normalized spacial score (nSPS) is 12.2. The molecule has 0 fully saturated rings. The predicted molar refractivity (Wildman–Crippen MR) is 86.7 cm³/mol. The van der Waals surface area contributed by atoms with Gasteiger partial charge in [-0.25, -0.2) is 9.78 Å². The highest BCUT2D eigenvalue weighted by Crippen LogP contribution is 2.31. The highest BCUT2D eigenvalue weighted by molar-refractivity contribution is 7.17. The van der Waals surface area contributed by atoms with Crippen molar-refractivity contribution in [2.75, 3.05) is 11.9 Å². The Bertz CT molecular complexity index is 640. The summed E-state index contributed by atoms with van der Waals surface area (Å²) in [6.07, 6.45) is 0.612. The lowest BCUT2D eigenvalue weighted by atomic mass is 10.1. The van der Waals surface area contributed by atoms with Gasteiger partial charge in [0, 0.05) is 12.1 Å². The minimum atomic E-state index is -0.914. The number of aryl methyl sites for hydroxylation is 1. The standard InChI is InChI=1S/C15H17ClN2O2S/c1-4-12-13(14(19)20)21-15(17-12)18(3)9(2)10-5-7-11(16)8-6-10/h5-9H,4H2,1-3H3,(H,19,20). The van der Waals surface area contributed by atoms with Gasteiger partial charge in [-0.05, 0) is 31.0 Å². The second-order valence-corrected chi connectivity index (χ2v) is 6.18. The van der Waals surface area contributed by atoms with Crippen LogP contribution in [0.4, 0.5) is 5.13 Å². The summed E-state index contributed by atoms with van der Waals surface area (Å²) in [6.45, 7) is 3.96.